The van der Waals surface area contributed by atoms with Crippen molar-refractivity contribution in [1.82, 2.24) is 20.3 Å². The maximum absolute atomic E-state index is 12.5. The Balaban J connectivity index is 1.80. The Kier molecular flexibility index (Phi) is 4.47. The zero-order valence-electron chi connectivity index (χ0n) is 13.2. The van der Waals surface area contributed by atoms with Gasteiger partial charge in [0.15, 0.2) is 0 Å². The molecular formula is C18H17N5O. The number of nitrogens with zero attached hydrogens (tertiary/aromatic N) is 3. The first-order valence-corrected chi connectivity index (χ1v) is 7.52. The molecule has 0 aliphatic heterocycles. The van der Waals surface area contributed by atoms with E-state index >= 15 is 0 Å². The standard InChI is InChI=1S/C18H17N5O/c1-12-13(15-7-2-3-9-20-15)5-4-6-14(12)18(24)22-11-17-21-10-8-16(19)23-17/h2-10H,11H2,1H3,(H,22,24)(H2,19,21,23). The summed E-state index contributed by atoms with van der Waals surface area (Å²) in [6.07, 6.45) is 3.30. The Morgan fingerprint density at radius 2 is 1.96 bits per heavy atom. The summed E-state index contributed by atoms with van der Waals surface area (Å²) in [5.74, 6) is 0.667. The van der Waals surface area contributed by atoms with Crippen molar-refractivity contribution >= 4 is 11.7 Å². The Hall–Kier alpha value is -3.28. The number of hydrogen-bond acceptors (Lipinski definition) is 5. The number of nitrogen functional groups attached to an aromatic ring is 1. The predicted octanol–water partition coefficient (Wildman–Crippen LogP) is 2.36. The number of carbonyl (C=O) groups excluding carboxylic acids is 1. The van der Waals surface area contributed by atoms with E-state index in [0.29, 0.717) is 17.2 Å². The van der Waals surface area contributed by atoms with Gasteiger partial charge >= 0.3 is 0 Å². The van der Waals surface area contributed by atoms with Gasteiger partial charge in [0.05, 0.1) is 12.2 Å². The lowest BCUT2D eigenvalue weighted by atomic mass is 9.99. The van der Waals surface area contributed by atoms with Gasteiger partial charge in [-0.3, -0.25) is 9.78 Å². The van der Waals surface area contributed by atoms with E-state index in [2.05, 4.69) is 20.3 Å². The molecule has 2 aromatic heterocycles. The first kappa shape index (κ1) is 15.6. The zero-order valence-corrected chi connectivity index (χ0v) is 13.2. The number of rotatable bonds is 4. The van der Waals surface area contributed by atoms with E-state index in [9.17, 15) is 4.79 Å². The molecule has 6 nitrogen and oxygen atoms in total. The van der Waals surface area contributed by atoms with Crippen LogP contribution in [0.15, 0.2) is 54.9 Å². The molecule has 0 aliphatic carbocycles. The van der Waals surface area contributed by atoms with Gasteiger partial charge in [-0.2, -0.15) is 0 Å². The summed E-state index contributed by atoms with van der Waals surface area (Å²) < 4.78 is 0. The molecule has 120 valence electrons. The first-order chi connectivity index (χ1) is 11.6. The minimum Gasteiger partial charge on any atom is -0.384 e. The number of hydrogen-bond donors (Lipinski definition) is 2. The first-order valence-electron chi connectivity index (χ1n) is 7.52. The lowest BCUT2D eigenvalue weighted by Crippen LogP contribution is -2.25. The Morgan fingerprint density at radius 3 is 2.71 bits per heavy atom. The fourth-order valence-electron chi connectivity index (χ4n) is 2.44. The summed E-state index contributed by atoms with van der Waals surface area (Å²) in [7, 11) is 0. The highest BCUT2D eigenvalue weighted by molar-refractivity contribution is 5.97. The molecule has 3 aromatic rings. The normalized spacial score (nSPS) is 10.4. The molecule has 0 spiro atoms. The molecule has 1 amide bonds. The van der Waals surface area contributed by atoms with Crippen molar-refractivity contribution < 1.29 is 4.79 Å². The van der Waals surface area contributed by atoms with Gasteiger partial charge in [0, 0.05) is 23.5 Å². The molecule has 24 heavy (non-hydrogen) atoms. The van der Waals surface area contributed by atoms with Crippen molar-refractivity contribution in [2.75, 3.05) is 5.73 Å². The van der Waals surface area contributed by atoms with Crippen LogP contribution in [0.25, 0.3) is 11.3 Å². The number of amides is 1. The summed E-state index contributed by atoms with van der Waals surface area (Å²) in [6.45, 7) is 2.13. The average Bonchev–Trinajstić information content (AvgIpc) is 2.61. The van der Waals surface area contributed by atoms with Crippen LogP contribution in [-0.4, -0.2) is 20.9 Å². The van der Waals surface area contributed by atoms with Crippen LogP contribution >= 0.6 is 0 Å². The molecule has 1 aromatic carbocycles. The van der Waals surface area contributed by atoms with Crippen LogP contribution in [0.3, 0.4) is 0 Å². The van der Waals surface area contributed by atoms with E-state index in [0.717, 1.165) is 16.8 Å². The van der Waals surface area contributed by atoms with Crippen LogP contribution in [0.2, 0.25) is 0 Å². The number of carbonyl (C=O) groups is 1. The summed E-state index contributed by atoms with van der Waals surface area (Å²) in [5.41, 5.74) is 8.86. The fraction of sp³-hybridized carbons (Fsp3) is 0.111. The molecule has 0 radical (unpaired) electrons. The van der Waals surface area contributed by atoms with Crippen molar-refractivity contribution in [3.63, 3.8) is 0 Å². The zero-order chi connectivity index (χ0) is 16.9. The van der Waals surface area contributed by atoms with Gasteiger partial charge in [0.1, 0.15) is 11.6 Å². The summed E-state index contributed by atoms with van der Waals surface area (Å²) >= 11 is 0. The van der Waals surface area contributed by atoms with Crippen molar-refractivity contribution in [3.05, 3.63) is 71.8 Å². The summed E-state index contributed by atoms with van der Waals surface area (Å²) in [5, 5.41) is 2.82. The fourth-order valence-corrected chi connectivity index (χ4v) is 2.44. The lowest BCUT2D eigenvalue weighted by molar-refractivity contribution is 0.0949. The molecule has 0 fully saturated rings. The number of benzene rings is 1. The van der Waals surface area contributed by atoms with E-state index < -0.39 is 0 Å². The SMILES string of the molecule is Cc1c(C(=O)NCc2nccc(N)n2)cccc1-c1ccccn1. The summed E-state index contributed by atoms with van der Waals surface area (Å²) in [6, 6.07) is 12.9. The van der Waals surface area contributed by atoms with Crippen molar-refractivity contribution in [2.24, 2.45) is 0 Å². The molecule has 0 atom stereocenters. The molecular weight excluding hydrogens is 302 g/mol. The minimum atomic E-state index is -0.184. The number of anilines is 1. The van der Waals surface area contributed by atoms with Gasteiger partial charge in [-0.25, -0.2) is 9.97 Å². The molecule has 0 saturated heterocycles. The largest absolute Gasteiger partial charge is 0.384 e. The van der Waals surface area contributed by atoms with Gasteiger partial charge in [0.25, 0.3) is 5.91 Å². The number of nitrogens with one attached hydrogen (secondary N) is 1. The maximum Gasteiger partial charge on any atom is 0.251 e. The number of nitrogens with two attached hydrogens (primary N) is 1. The number of aromatic nitrogens is 3. The highest BCUT2D eigenvalue weighted by Crippen LogP contribution is 2.23. The van der Waals surface area contributed by atoms with Crippen molar-refractivity contribution in [2.45, 2.75) is 13.5 Å². The van der Waals surface area contributed by atoms with E-state index in [1.807, 2.05) is 37.3 Å². The van der Waals surface area contributed by atoms with E-state index in [1.165, 1.54) is 0 Å². The second-order valence-corrected chi connectivity index (χ2v) is 5.27. The Labute approximate surface area is 139 Å². The third-order valence-electron chi connectivity index (χ3n) is 3.65. The third-order valence-corrected chi connectivity index (χ3v) is 3.65. The minimum absolute atomic E-state index is 0.184. The predicted molar refractivity (Wildman–Crippen MR) is 92.0 cm³/mol. The van der Waals surface area contributed by atoms with Gasteiger partial charge in [-0.1, -0.05) is 18.2 Å². The highest BCUT2D eigenvalue weighted by Gasteiger charge is 2.13. The van der Waals surface area contributed by atoms with Crippen LogP contribution < -0.4 is 11.1 Å². The monoisotopic (exact) mass is 319 g/mol. The van der Waals surface area contributed by atoms with Gasteiger partial charge < -0.3 is 11.1 Å². The Morgan fingerprint density at radius 1 is 1.08 bits per heavy atom. The van der Waals surface area contributed by atoms with Crippen LogP contribution in [0, 0.1) is 6.92 Å². The highest BCUT2D eigenvalue weighted by atomic mass is 16.1. The van der Waals surface area contributed by atoms with Crippen LogP contribution in [0.5, 0.6) is 0 Å². The molecule has 0 aliphatic rings. The number of pyridine rings is 1. The van der Waals surface area contributed by atoms with Crippen molar-refractivity contribution in [1.29, 1.82) is 0 Å². The quantitative estimate of drug-likeness (QED) is 0.770. The van der Waals surface area contributed by atoms with E-state index in [4.69, 9.17) is 5.73 Å². The average molecular weight is 319 g/mol. The van der Waals surface area contributed by atoms with Gasteiger partial charge in [-0.05, 0) is 36.8 Å². The smallest absolute Gasteiger partial charge is 0.251 e. The van der Waals surface area contributed by atoms with Crippen LogP contribution in [0.1, 0.15) is 21.7 Å². The van der Waals surface area contributed by atoms with E-state index in [-0.39, 0.29) is 12.5 Å². The second-order valence-electron chi connectivity index (χ2n) is 5.27. The molecule has 6 heteroatoms. The van der Waals surface area contributed by atoms with Crippen LogP contribution in [0.4, 0.5) is 5.82 Å². The molecule has 2 heterocycles. The van der Waals surface area contributed by atoms with Gasteiger partial charge in [-0.15, -0.1) is 0 Å². The molecule has 0 unspecified atom stereocenters. The molecule has 0 bridgehead atoms. The molecule has 3 rings (SSSR count). The summed E-state index contributed by atoms with van der Waals surface area (Å²) in [4.78, 5) is 25.0. The topological polar surface area (TPSA) is 93.8 Å². The van der Waals surface area contributed by atoms with Gasteiger partial charge in [0.2, 0.25) is 0 Å². The third kappa shape index (κ3) is 3.38. The lowest BCUT2D eigenvalue weighted by Gasteiger charge is -2.11. The second kappa shape index (κ2) is 6.87. The Bertz CT molecular complexity index is 864. The van der Waals surface area contributed by atoms with E-state index in [1.54, 1.807) is 24.5 Å². The van der Waals surface area contributed by atoms with Crippen LogP contribution in [-0.2, 0) is 6.54 Å². The molecule has 0 saturated carbocycles. The van der Waals surface area contributed by atoms with Crippen molar-refractivity contribution in [3.8, 4) is 11.3 Å². The molecule has 3 N–H and O–H groups in total. The maximum atomic E-state index is 12.5.